The number of aryl methyl sites for hydroxylation is 1. The third kappa shape index (κ3) is 3.17. The zero-order chi connectivity index (χ0) is 14.1. The molecular formula is C15H17Cl2N3. The lowest BCUT2D eigenvalue weighted by atomic mass is 10.2. The zero-order valence-corrected chi connectivity index (χ0v) is 12.9. The molecule has 106 valence electrons. The van der Waals surface area contributed by atoms with Gasteiger partial charge in [-0.25, -0.2) is 4.98 Å². The van der Waals surface area contributed by atoms with E-state index in [-0.39, 0.29) is 0 Å². The van der Waals surface area contributed by atoms with Crippen LogP contribution >= 0.6 is 23.2 Å². The van der Waals surface area contributed by atoms with E-state index in [1.807, 2.05) is 31.3 Å². The summed E-state index contributed by atoms with van der Waals surface area (Å²) < 4.78 is 2.22. The van der Waals surface area contributed by atoms with Gasteiger partial charge in [0, 0.05) is 25.3 Å². The predicted octanol–water partition coefficient (Wildman–Crippen LogP) is 3.80. The lowest BCUT2D eigenvalue weighted by Crippen LogP contribution is -2.18. The van der Waals surface area contributed by atoms with E-state index in [2.05, 4.69) is 14.9 Å². The van der Waals surface area contributed by atoms with Crippen molar-refractivity contribution in [2.75, 3.05) is 0 Å². The van der Waals surface area contributed by atoms with Crippen molar-refractivity contribution in [3.05, 3.63) is 51.5 Å². The number of imidazole rings is 1. The van der Waals surface area contributed by atoms with Gasteiger partial charge in [0.2, 0.25) is 0 Å². The maximum Gasteiger partial charge on any atom is 0.106 e. The number of nitrogens with one attached hydrogen (secondary N) is 1. The Morgan fingerprint density at radius 2 is 2.10 bits per heavy atom. The number of rotatable bonds is 5. The second-order valence-electron chi connectivity index (χ2n) is 5.29. The molecule has 0 saturated heterocycles. The fourth-order valence-corrected chi connectivity index (χ4v) is 2.55. The maximum absolute atomic E-state index is 6.08. The van der Waals surface area contributed by atoms with Gasteiger partial charge in [0.25, 0.3) is 0 Å². The van der Waals surface area contributed by atoms with Crippen LogP contribution in [0.3, 0.4) is 0 Å². The Kier molecular flexibility index (Phi) is 4.01. The number of aromatic nitrogens is 2. The Bertz CT molecular complexity index is 618. The van der Waals surface area contributed by atoms with E-state index in [0.29, 0.717) is 16.1 Å². The van der Waals surface area contributed by atoms with Gasteiger partial charge in [0.1, 0.15) is 5.82 Å². The van der Waals surface area contributed by atoms with Crippen LogP contribution in [0.5, 0.6) is 0 Å². The normalized spacial score (nSPS) is 14.8. The van der Waals surface area contributed by atoms with Gasteiger partial charge in [-0.3, -0.25) is 0 Å². The van der Waals surface area contributed by atoms with Crippen LogP contribution in [0.2, 0.25) is 10.0 Å². The standard InChI is InChI=1S/C15H17Cl2N3/c1-10-18-7-13(8-19-12-3-4-12)20(10)9-11-2-5-14(16)15(17)6-11/h2,5-7,12,19H,3-4,8-9H2,1H3. The van der Waals surface area contributed by atoms with Crippen molar-refractivity contribution >= 4 is 23.2 Å². The van der Waals surface area contributed by atoms with Crippen LogP contribution in [-0.4, -0.2) is 15.6 Å². The van der Waals surface area contributed by atoms with Gasteiger partial charge < -0.3 is 9.88 Å². The summed E-state index contributed by atoms with van der Waals surface area (Å²) in [5.41, 5.74) is 2.34. The van der Waals surface area contributed by atoms with Crippen molar-refractivity contribution < 1.29 is 0 Å². The molecule has 1 aliphatic rings. The minimum atomic E-state index is 0.591. The van der Waals surface area contributed by atoms with Crippen molar-refractivity contribution in [3.63, 3.8) is 0 Å². The van der Waals surface area contributed by atoms with Gasteiger partial charge >= 0.3 is 0 Å². The quantitative estimate of drug-likeness (QED) is 0.910. The molecule has 0 atom stereocenters. The first-order valence-electron chi connectivity index (χ1n) is 6.82. The smallest absolute Gasteiger partial charge is 0.106 e. The van der Waals surface area contributed by atoms with Gasteiger partial charge in [0.05, 0.1) is 15.7 Å². The molecule has 3 nitrogen and oxygen atoms in total. The molecule has 1 saturated carbocycles. The molecule has 3 rings (SSSR count). The molecule has 0 bridgehead atoms. The van der Waals surface area contributed by atoms with Crippen LogP contribution < -0.4 is 5.32 Å². The Hall–Kier alpha value is -1.03. The summed E-state index contributed by atoms with van der Waals surface area (Å²) in [6, 6.07) is 6.46. The van der Waals surface area contributed by atoms with Crippen molar-refractivity contribution in [1.29, 1.82) is 0 Å². The molecule has 0 spiro atoms. The van der Waals surface area contributed by atoms with E-state index in [0.717, 1.165) is 24.5 Å². The number of hydrogen-bond acceptors (Lipinski definition) is 2. The molecule has 2 aromatic rings. The Labute approximate surface area is 128 Å². The largest absolute Gasteiger partial charge is 0.327 e. The van der Waals surface area contributed by atoms with Gasteiger partial charge in [-0.15, -0.1) is 0 Å². The van der Waals surface area contributed by atoms with E-state index in [1.54, 1.807) is 0 Å². The molecule has 1 fully saturated rings. The van der Waals surface area contributed by atoms with Crippen molar-refractivity contribution in [2.24, 2.45) is 0 Å². The second-order valence-corrected chi connectivity index (χ2v) is 6.10. The van der Waals surface area contributed by atoms with E-state index < -0.39 is 0 Å². The van der Waals surface area contributed by atoms with Crippen LogP contribution in [0.15, 0.2) is 24.4 Å². The molecular weight excluding hydrogens is 293 g/mol. The Morgan fingerprint density at radius 3 is 2.80 bits per heavy atom. The Balaban J connectivity index is 1.77. The summed E-state index contributed by atoms with van der Waals surface area (Å²) in [7, 11) is 0. The molecule has 20 heavy (non-hydrogen) atoms. The molecule has 1 N–H and O–H groups in total. The first kappa shape index (κ1) is 13.9. The SMILES string of the molecule is Cc1ncc(CNC2CC2)n1Cc1ccc(Cl)c(Cl)c1. The van der Waals surface area contributed by atoms with Crippen molar-refractivity contribution in [3.8, 4) is 0 Å². The van der Waals surface area contributed by atoms with E-state index in [4.69, 9.17) is 23.2 Å². The molecule has 1 aliphatic carbocycles. The fourth-order valence-electron chi connectivity index (χ4n) is 2.23. The predicted molar refractivity (Wildman–Crippen MR) is 82.4 cm³/mol. The summed E-state index contributed by atoms with van der Waals surface area (Å²) in [4.78, 5) is 4.41. The first-order chi connectivity index (χ1) is 9.63. The number of hydrogen-bond donors (Lipinski definition) is 1. The highest BCUT2D eigenvalue weighted by atomic mass is 35.5. The number of nitrogens with zero attached hydrogens (tertiary/aromatic N) is 2. The Morgan fingerprint density at radius 1 is 1.30 bits per heavy atom. The van der Waals surface area contributed by atoms with Crippen LogP contribution in [0.4, 0.5) is 0 Å². The van der Waals surface area contributed by atoms with E-state index in [9.17, 15) is 0 Å². The minimum Gasteiger partial charge on any atom is -0.327 e. The second kappa shape index (κ2) is 5.76. The fraction of sp³-hybridized carbons (Fsp3) is 0.400. The molecule has 0 amide bonds. The number of halogens is 2. The van der Waals surface area contributed by atoms with Crippen molar-refractivity contribution in [2.45, 2.75) is 38.9 Å². The lowest BCUT2D eigenvalue weighted by molar-refractivity contribution is 0.627. The molecule has 0 aliphatic heterocycles. The van der Waals surface area contributed by atoms with Gasteiger partial charge in [-0.1, -0.05) is 29.3 Å². The van der Waals surface area contributed by atoms with E-state index in [1.165, 1.54) is 18.5 Å². The summed E-state index contributed by atoms with van der Waals surface area (Å²) in [5, 5.41) is 4.71. The topological polar surface area (TPSA) is 29.9 Å². The minimum absolute atomic E-state index is 0.591. The lowest BCUT2D eigenvalue weighted by Gasteiger charge is -2.11. The summed E-state index contributed by atoms with van der Waals surface area (Å²) >= 11 is 12.0. The van der Waals surface area contributed by atoms with Crippen molar-refractivity contribution in [1.82, 2.24) is 14.9 Å². The average molecular weight is 310 g/mol. The molecule has 1 aromatic heterocycles. The van der Waals surface area contributed by atoms with Crippen LogP contribution in [0.1, 0.15) is 29.9 Å². The van der Waals surface area contributed by atoms with Gasteiger partial charge in [-0.05, 0) is 37.5 Å². The molecule has 1 heterocycles. The highest BCUT2D eigenvalue weighted by Crippen LogP contribution is 2.24. The van der Waals surface area contributed by atoms with Crippen LogP contribution in [-0.2, 0) is 13.1 Å². The monoisotopic (exact) mass is 309 g/mol. The summed E-state index contributed by atoms with van der Waals surface area (Å²) in [6.07, 6.45) is 4.53. The average Bonchev–Trinajstić information content (AvgIpc) is 3.19. The molecule has 0 unspecified atom stereocenters. The summed E-state index contributed by atoms with van der Waals surface area (Å²) in [5.74, 6) is 1.02. The zero-order valence-electron chi connectivity index (χ0n) is 11.4. The van der Waals surface area contributed by atoms with Gasteiger partial charge in [-0.2, -0.15) is 0 Å². The van der Waals surface area contributed by atoms with E-state index >= 15 is 0 Å². The highest BCUT2D eigenvalue weighted by Gasteiger charge is 2.21. The molecule has 0 radical (unpaired) electrons. The van der Waals surface area contributed by atoms with Gasteiger partial charge in [0.15, 0.2) is 0 Å². The highest BCUT2D eigenvalue weighted by molar-refractivity contribution is 6.42. The first-order valence-corrected chi connectivity index (χ1v) is 7.57. The maximum atomic E-state index is 6.08. The molecule has 5 heteroatoms. The summed E-state index contributed by atoms with van der Waals surface area (Å²) in [6.45, 7) is 3.66. The molecule has 1 aromatic carbocycles. The van der Waals surface area contributed by atoms with Crippen LogP contribution in [0, 0.1) is 6.92 Å². The van der Waals surface area contributed by atoms with Crippen LogP contribution in [0.25, 0.3) is 0 Å². The number of benzene rings is 1. The third-order valence-corrected chi connectivity index (χ3v) is 4.35. The third-order valence-electron chi connectivity index (χ3n) is 3.61.